The molecule has 5 rings (SSSR count). The molecular weight excluding hydrogens is 480 g/mol. The maximum Gasteiger partial charge on any atom is 0.247 e. The average molecular weight is 515 g/mol. The van der Waals surface area contributed by atoms with Gasteiger partial charge in [0.2, 0.25) is 17.8 Å². The van der Waals surface area contributed by atoms with Crippen molar-refractivity contribution in [1.82, 2.24) is 24.4 Å². The third kappa shape index (κ3) is 5.13. The fourth-order valence-corrected chi connectivity index (χ4v) is 5.32. The summed E-state index contributed by atoms with van der Waals surface area (Å²) in [5, 5.41) is 16.0. The van der Waals surface area contributed by atoms with E-state index in [-0.39, 0.29) is 11.9 Å². The van der Waals surface area contributed by atoms with Crippen LogP contribution in [0.25, 0.3) is 11.0 Å². The second-order valence-corrected chi connectivity index (χ2v) is 10.2. The number of imidazole rings is 1. The number of benzene rings is 1. The summed E-state index contributed by atoms with van der Waals surface area (Å²) < 4.78 is 2.08. The number of aryl methyl sites for hydroxylation is 1. The van der Waals surface area contributed by atoms with Gasteiger partial charge in [-0.15, -0.1) is 0 Å². The van der Waals surface area contributed by atoms with Crippen LogP contribution in [0.2, 0.25) is 0 Å². The summed E-state index contributed by atoms with van der Waals surface area (Å²) in [6.07, 6.45) is 5.91. The number of amides is 1. The molecule has 0 radical (unpaired) electrons. The van der Waals surface area contributed by atoms with Gasteiger partial charge in [0, 0.05) is 51.0 Å². The van der Waals surface area contributed by atoms with Crippen LogP contribution in [0.4, 0.5) is 23.4 Å². The van der Waals surface area contributed by atoms with Gasteiger partial charge in [0.1, 0.15) is 11.6 Å². The molecular formula is C27H34N10O. The molecule has 38 heavy (non-hydrogen) atoms. The molecule has 4 heterocycles. The fourth-order valence-electron chi connectivity index (χ4n) is 5.32. The van der Waals surface area contributed by atoms with Gasteiger partial charge in [-0.25, -0.2) is 9.97 Å². The van der Waals surface area contributed by atoms with Crippen LogP contribution < -0.4 is 20.4 Å². The van der Waals surface area contributed by atoms with Gasteiger partial charge in [-0.1, -0.05) is 6.58 Å². The Morgan fingerprint density at radius 3 is 2.79 bits per heavy atom. The zero-order chi connectivity index (χ0) is 26.8. The van der Waals surface area contributed by atoms with Crippen LogP contribution in [-0.2, 0) is 11.8 Å². The van der Waals surface area contributed by atoms with Crippen molar-refractivity contribution in [2.24, 2.45) is 7.05 Å². The van der Waals surface area contributed by atoms with Crippen molar-refractivity contribution in [2.75, 3.05) is 60.7 Å². The lowest BCUT2D eigenvalue weighted by Gasteiger charge is -2.34. The minimum Gasteiger partial charge on any atom is -0.354 e. The first-order valence-corrected chi connectivity index (χ1v) is 13.0. The Hall–Kier alpha value is -4.17. The lowest BCUT2D eigenvalue weighted by molar-refractivity contribution is -0.111. The first kappa shape index (κ1) is 25.5. The van der Waals surface area contributed by atoms with Gasteiger partial charge in [0.25, 0.3) is 0 Å². The molecule has 2 aliphatic rings. The lowest BCUT2D eigenvalue weighted by Crippen LogP contribution is -2.43. The number of anilines is 4. The average Bonchev–Trinajstić information content (AvgIpc) is 3.54. The van der Waals surface area contributed by atoms with E-state index in [1.54, 1.807) is 6.20 Å². The monoisotopic (exact) mass is 514 g/mol. The number of hydrogen-bond donors (Lipinski definition) is 2. The van der Waals surface area contributed by atoms with Crippen LogP contribution in [0.3, 0.4) is 0 Å². The van der Waals surface area contributed by atoms with Crippen molar-refractivity contribution in [1.29, 1.82) is 5.26 Å². The van der Waals surface area contributed by atoms with Crippen molar-refractivity contribution in [3.05, 3.63) is 42.6 Å². The summed E-state index contributed by atoms with van der Waals surface area (Å²) in [5.74, 6) is 1.89. The van der Waals surface area contributed by atoms with Crippen LogP contribution >= 0.6 is 0 Å². The third-order valence-corrected chi connectivity index (χ3v) is 7.43. The molecule has 0 saturated carbocycles. The minimum absolute atomic E-state index is 0.139. The highest BCUT2D eigenvalue weighted by Gasteiger charge is 2.28. The van der Waals surface area contributed by atoms with Crippen LogP contribution in [0.1, 0.15) is 24.8 Å². The number of hydrogen-bond acceptors (Lipinski definition) is 9. The SMILES string of the molecule is C=CC(=O)Nc1ccc2c(c1)nc(N1CCCC(Nc3ncc(C#N)c(N4CCC(N(C)C)C4)n3)C1)n2C. The van der Waals surface area contributed by atoms with Gasteiger partial charge in [-0.05, 0) is 57.6 Å². The van der Waals surface area contributed by atoms with E-state index in [2.05, 4.69) is 61.6 Å². The Bertz CT molecular complexity index is 1390. The van der Waals surface area contributed by atoms with Gasteiger partial charge in [0.15, 0.2) is 5.82 Å². The van der Waals surface area contributed by atoms with Gasteiger partial charge < -0.3 is 29.9 Å². The number of piperidine rings is 1. The van der Waals surface area contributed by atoms with E-state index in [1.165, 1.54) is 6.08 Å². The number of nitrogens with one attached hydrogen (secondary N) is 2. The molecule has 1 amide bonds. The van der Waals surface area contributed by atoms with E-state index in [1.807, 2.05) is 25.2 Å². The summed E-state index contributed by atoms with van der Waals surface area (Å²) in [5.41, 5.74) is 3.01. The Morgan fingerprint density at radius 2 is 2.05 bits per heavy atom. The summed E-state index contributed by atoms with van der Waals surface area (Å²) in [6.45, 7) is 6.88. The molecule has 11 heteroatoms. The largest absolute Gasteiger partial charge is 0.354 e. The van der Waals surface area contributed by atoms with Crippen LogP contribution in [0, 0.1) is 11.3 Å². The number of carbonyl (C=O) groups is 1. The zero-order valence-electron chi connectivity index (χ0n) is 22.2. The Balaban J connectivity index is 1.32. The Labute approximate surface area is 222 Å². The van der Waals surface area contributed by atoms with E-state index in [9.17, 15) is 10.1 Å². The first-order chi connectivity index (χ1) is 18.4. The molecule has 2 unspecified atom stereocenters. The quantitative estimate of drug-likeness (QED) is 0.459. The van der Waals surface area contributed by atoms with Gasteiger partial charge in [-0.2, -0.15) is 10.2 Å². The van der Waals surface area contributed by atoms with E-state index in [0.29, 0.717) is 29.1 Å². The highest BCUT2D eigenvalue weighted by molar-refractivity contribution is 6.00. The molecule has 2 aromatic heterocycles. The van der Waals surface area contributed by atoms with E-state index >= 15 is 0 Å². The second kappa shape index (κ2) is 10.7. The standard InChI is InChI=1S/C27H34N10O/c1-5-24(38)30-19-8-9-23-22(13-19)32-27(35(23)4)37-11-6-7-20(16-37)31-26-29-15-18(14-28)25(33-26)36-12-10-21(17-36)34(2)3/h5,8-9,13,15,20-21H,1,6-7,10-12,16-17H2,2-4H3,(H,30,38)(H,29,31,33). The summed E-state index contributed by atoms with van der Waals surface area (Å²) >= 11 is 0. The molecule has 2 fully saturated rings. The molecule has 2 aliphatic heterocycles. The van der Waals surface area contributed by atoms with Gasteiger partial charge >= 0.3 is 0 Å². The Morgan fingerprint density at radius 1 is 1.21 bits per heavy atom. The molecule has 11 nitrogen and oxygen atoms in total. The maximum atomic E-state index is 11.7. The van der Waals surface area contributed by atoms with Crippen molar-refractivity contribution >= 4 is 40.3 Å². The minimum atomic E-state index is -0.249. The molecule has 0 aliphatic carbocycles. The lowest BCUT2D eigenvalue weighted by atomic mass is 10.1. The van der Waals surface area contributed by atoms with Crippen molar-refractivity contribution in [3.63, 3.8) is 0 Å². The maximum absolute atomic E-state index is 11.7. The van der Waals surface area contributed by atoms with Crippen molar-refractivity contribution in [2.45, 2.75) is 31.3 Å². The molecule has 0 bridgehead atoms. The topological polar surface area (TPSA) is 118 Å². The number of fused-ring (bicyclic) bond motifs is 1. The van der Waals surface area contributed by atoms with Crippen molar-refractivity contribution in [3.8, 4) is 6.07 Å². The highest BCUT2D eigenvalue weighted by Crippen LogP contribution is 2.28. The van der Waals surface area contributed by atoms with Gasteiger partial charge in [0.05, 0.1) is 17.2 Å². The number of aromatic nitrogens is 4. The molecule has 198 valence electrons. The van der Waals surface area contributed by atoms with Crippen LogP contribution in [-0.4, -0.2) is 82.7 Å². The number of nitriles is 1. The molecule has 0 spiro atoms. The number of rotatable bonds is 7. The summed E-state index contributed by atoms with van der Waals surface area (Å²) in [6, 6.07) is 8.56. The summed E-state index contributed by atoms with van der Waals surface area (Å²) in [4.78, 5) is 32.5. The second-order valence-electron chi connectivity index (χ2n) is 10.2. The molecule has 2 N–H and O–H groups in total. The predicted octanol–water partition coefficient (Wildman–Crippen LogP) is 2.58. The van der Waals surface area contributed by atoms with Gasteiger partial charge in [-0.3, -0.25) is 4.79 Å². The molecule has 3 aromatic rings. The summed E-state index contributed by atoms with van der Waals surface area (Å²) in [7, 11) is 6.19. The van der Waals surface area contributed by atoms with Crippen LogP contribution in [0.15, 0.2) is 37.1 Å². The number of carbonyl (C=O) groups excluding carboxylic acids is 1. The molecule has 1 aromatic carbocycles. The van der Waals surface area contributed by atoms with Crippen molar-refractivity contribution < 1.29 is 4.79 Å². The fraction of sp³-hybridized carbons (Fsp3) is 0.444. The number of likely N-dealkylation sites (N-methyl/N-ethyl adjacent to an activating group) is 1. The predicted molar refractivity (Wildman–Crippen MR) is 149 cm³/mol. The molecule has 2 atom stereocenters. The smallest absolute Gasteiger partial charge is 0.247 e. The third-order valence-electron chi connectivity index (χ3n) is 7.43. The highest BCUT2D eigenvalue weighted by atomic mass is 16.1. The number of nitrogens with zero attached hydrogens (tertiary/aromatic N) is 8. The molecule has 2 saturated heterocycles. The van der Waals surface area contributed by atoms with E-state index in [0.717, 1.165) is 62.4 Å². The normalized spacial score (nSPS) is 19.6. The van der Waals surface area contributed by atoms with Crippen LogP contribution in [0.5, 0.6) is 0 Å². The Kier molecular flexibility index (Phi) is 7.15. The van der Waals surface area contributed by atoms with E-state index < -0.39 is 0 Å². The first-order valence-electron chi connectivity index (χ1n) is 13.0. The zero-order valence-corrected chi connectivity index (χ0v) is 22.2. The van der Waals surface area contributed by atoms with E-state index in [4.69, 9.17) is 9.97 Å².